The number of anilines is 2. The van der Waals surface area contributed by atoms with Gasteiger partial charge in [-0.3, -0.25) is 13.7 Å². The summed E-state index contributed by atoms with van der Waals surface area (Å²) >= 11 is 3.18. The molecule has 0 radical (unpaired) electrons. The van der Waals surface area contributed by atoms with Crippen LogP contribution in [-0.2, 0) is 31.1 Å². The summed E-state index contributed by atoms with van der Waals surface area (Å²) in [7, 11) is -8.67. The Morgan fingerprint density at radius 1 is 0.818 bits per heavy atom. The molecule has 0 aliphatic rings. The maximum Gasteiger partial charge on any atom is 0.295 e. The summed E-state index contributed by atoms with van der Waals surface area (Å²) in [4.78, 5) is -0.942. The molecule has 0 fully saturated rings. The highest BCUT2D eigenvalue weighted by molar-refractivity contribution is 7.93. The van der Waals surface area contributed by atoms with Crippen molar-refractivity contribution in [1.82, 2.24) is 0 Å². The van der Waals surface area contributed by atoms with Gasteiger partial charge in [-0.25, -0.2) is 8.42 Å². The highest BCUT2D eigenvalue weighted by atomic mass is 35.5. The predicted octanol–water partition coefficient (Wildman–Crippen LogP) is 3.93. The molecule has 1 unspecified atom stereocenters. The van der Waals surface area contributed by atoms with Gasteiger partial charge >= 0.3 is 0 Å². The molecule has 0 aliphatic carbocycles. The van der Waals surface area contributed by atoms with Crippen molar-refractivity contribution in [1.29, 1.82) is 0 Å². The maximum absolute atomic E-state index is 12.9. The number of halogens is 1. The fraction of sp³-hybridized carbons (Fsp3) is 0. The lowest BCUT2D eigenvalue weighted by atomic mass is 10.3. The third-order valence-corrected chi connectivity index (χ3v) is 8.18. The van der Waals surface area contributed by atoms with E-state index >= 15 is 0 Å². The molecule has 3 aromatic carbocycles. The van der Waals surface area contributed by atoms with E-state index in [1.165, 1.54) is 36.4 Å². The second-order valence-electron chi connectivity index (χ2n) is 6.69. The molecule has 4 rings (SSSR count). The second-order valence-corrected chi connectivity index (χ2v) is 11.3. The van der Waals surface area contributed by atoms with Crippen LogP contribution in [0.2, 0.25) is 5.02 Å². The van der Waals surface area contributed by atoms with Crippen LogP contribution in [0.5, 0.6) is 0 Å². The Hall–Kier alpha value is -2.90. The number of benzene rings is 3. The van der Waals surface area contributed by atoms with Crippen LogP contribution in [0.25, 0.3) is 11.0 Å². The van der Waals surface area contributed by atoms with Crippen LogP contribution < -0.4 is 9.44 Å². The summed E-state index contributed by atoms with van der Waals surface area (Å²) in [6, 6.07) is 16.8. The summed E-state index contributed by atoms with van der Waals surface area (Å²) in [5, 5.41) is 0.304. The highest BCUT2D eigenvalue weighted by Gasteiger charge is 2.24. The Labute approximate surface area is 196 Å². The van der Waals surface area contributed by atoms with Gasteiger partial charge in [0.05, 0.1) is 11.4 Å². The fourth-order valence-corrected chi connectivity index (χ4v) is 6.32. The largest absolute Gasteiger partial charge is 0.768 e. The van der Waals surface area contributed by atoms with Crippen LogP contribution in [0.1, 0.15) is 0 Å². The molecular weight excluding hydrogens is 512 g/mol. The highest BCUT2D eigenvalue weighted by Crippen LogP contribution is 2.32. The van der Waals surface area contributed by atoms with E-state index in [4.69, 9.17) is 16.0 Å². The Morgan fingerprint density at radius 2 is 1.48 bits per heavy atom. The van der Waals surface area contributed by atoms with Crippen molar-refractivity contribution >= 4 is 65.1 Å². The van der Waals surface area contributed by atoms with Crippen molar-refractivity contribution in [2.45, 2.75) is 14.9 Å². The zero-order valence-electron chi connectivity index (χ0n) is 16.4. The Bertz CT molecular complexity index is 1570. The minimum Gasteiger partial charge on any atom is -0.768 e. The summed E-state index contributed by atoms with van der Waals surface area (Å²) in [5.41, 5.74) is -0.00931. The summed E-state index contributed by atoms with van der Waals surface area (Å²) in [6.07, 6.45) is 0. The first-order valence-corrected chi connectivity index (χ1v) is 13.5. The Balaban J connectivity index is 1.72. The smallest absolute Gasteiger partial charge is 0.295 e. The Morgan fingerprint density at radius 3 is 2.21 bits per heavy atom. The molecule has 2 N–H and O–H groups in total. The Kier molecular flexibility index (Phi) is 6.20. The van der Waals surface area contributed by atoms with Crippen molar-refractivity contribution in [3.63, 3.8) is 0 Å². The number of fused-ring (bicyclic) bond motifs is 1. The van der Waals surface area contributed by atoms with Gasteiger partial charge in [-0.1, -0.05) is 41.9 Å². The monoisotopic (exact) mass is 525 g/mol. The number of sulfonamides is 2. The number of hydrogen-bond donors (Lipinski definition) is 2. The van der Waals surface area contributed by atoms with E-state index < -0.39 is 40.9 Å². The van der Waals surface area contributed by atoms with E-state index in [9.17, 15) is 25.6 Å². The molecule has 1 aromatic heterocycles. The van der Waals surface area contributed by atoms with Crippen molar-refractivity contribution in [2.24, 2.45) is 0 Å². The average molecular weight is 526 g/mol. The molecule has 0 saturated heterocycles. The van der Waals surface area contributed by atoms with E-state index in [-0.39, 0.29) is 21.5 Å². The third-order valence-electron chi connectivity index (χ3n) is 4.46. The lowest BCUT2D eigenvalue weighted by Crippen LogP contribution is -2.18. The average Bonchev–Trinajstić information content (AvgIpc) is 3.21. The number of nitrogens with one attached hydrogen (secondary N) is 2. The molecule has 172 valence electrons. The first-order valence-electron chi connectivity index (χ1n) is 9.09. The molecular formula is C20H14ClN2O7S3-. The lowest BCUT2D eigenvalue weighted by molar-refractivity contribution is 0.484. The molecule has 0 saturated carbocycles. The van der Waals surface area contributed by atoms with Gasteiger partial charge in [0, 0.05) is 21.4 Å². The topological polar surface area (TPSA) is 146 Å². The molecule has 33 heavy (non-hydrogen) atoms. The lowest BCUT2D eigenvalue weighted by Gasteiger charge is -2.16. The second kappa shape index (κ2) is 8.80. The fourth-order valence-electron chi connectivity index (χ4n) is 2.98. The van der Waals surface area contributed by atoms with Crippen LogP contribution >= 0.6 is 11.6 Å². The van der Waals surface area contributed by atoms with E-state index in [1.807, 2.05) is 0 Å². The molecule has 9 nitrogen and oxygen atoms in total. The molecule has 1 heterocycles. The van der Waals surface area contributed by atoms with E-state index in [0.717, 1.165) is 12.1 Å². The van der Waals surface area contributed by atoms with Crippen LogP contribution in [-0.4, -0.2) is 25.6 Å². The van der Waals surface area contributed by atoms with Gasteiger partial charge in [-0.2, -0.15) is 8.42 Å². The molecule has 1 atom stereocenters. The van der Waals surface area contributed by atoms with Crippen molar-refractivity contribution in [2.75, 3.05) is 9.44 Å². The summed E-state index contributed by atoms with van der Waals surface area (Å²) in [6.45, 7) is 0. The zero-order chi connectivity index (χ0) is 23.8. The first-order chi connectivity index (χ1) is 15.6. The van der Waals surface area contributed by atoms with Crippen LogP contribution in [0, 0.1) is 0 Å². The van der Waals surface area contributed by atoms with Gasteiger partial charge < -0.3 is 8.97 Å². The van der Waals surface area contributed by atoms with Crippen LogP contribution in [0.4, 0.5) is 11.4 Å². The van der Waals surface area contributed by atoms with Gasteiger partial charge in [0.15, 0.2) is 0 Å². The maximum atomic E-state index is 12.9. The molecule has 0 bridgehead atoms. The van der Waals surface area contributed by atoms with Gasteiger partial charge in [0.25, 0.3) is 20.0 Å². The van der Waals surface area contributed by atoms with E-state index in [0.29, 0.717) is 11.0 Å². The zero-order valence-corrected chi connectivity index (χ0v) is 19.6. The normalized spacial score (nSPS) is 13.0. The van der Waals surface area contributed by atoms with E-state index in [2.05, 4.69) is 9.44 Å². The van der Waals surface area contributed by atoms with Crippen LogP contribution in [0.3, 0.4) is 0 Å². The van der Waals surface area contributed by atoms with Gasteiger partial charge in [-0.05, 0) is 47.5 Å². The van der Waals surface area contributed by atoms with Gasteiger partial charge in [0.1, 0.15) is 10.5 Å². The van der Waals surface area contributed by atoms with Crippen molar-refractivity contribution < 1.29 is 30.0 Å². The summed E-state index contributed by atoms with van der Waals surface area (Å²) < 4.78 is 84.4. The molecule has 0 spiro atoms. The molecule has 4 aromatic rings. The van der Waals surface area contributed by atoms with E-state index in [1.54, 1.807) is 24.3 Å². The van der Waals surface area contributed by atoms with Crippen molar-refractivity contribution in [3.8, 4) is 0 Å². The molecule has 0 aliphatic heterocycles. The number of furan rings is 1. The van der Waals surface area contributed by atoms with Gasteiger partial charge in [-0.15, -0.1) is 0 Å². The minimum atomic E-state index is -4.41. The SMILES string of the molecule is O=S([O-])c1ccccc1S(=O)(=O)Nc1ccc(Cl)cc1NS(=O)(=O)c1cc2ccccc2o1. The van der Waals surface area contributed by atoms with Crippen molar-refractivity contribution in [3.05, 3.63) is 77.8 Å². The predicted molar refractivity (Wildman–Crippen MR) is 123 cm³/mol. The standard InChI is InChI=1S/C20H15ClN2O7S3/c21-14-9-10-15(22-32(26,27)19-8-4-3-7-18(19)31(24)25)16(12-14)23-33(28,29)20-11-13-5-1-2-6-17(13)30-20/h1-12,22-23H,(H,24,25)/p-1. The summed E-state index contributed by atoms with van der Waals surface area (Å²) in [5.74, 6) is 0. The van der Waals surface area contributed by atoms with Gasteiger partial charge in [0.2, 0.25) is 5.09 Å². The van der Waals surface area contributed by atoms with Crippen LogP contribution in [0.15, 0.2) is 92.1 Å². The third kappa shape index (κ3) is 4.89. The number of rotatable bonds is 7. The quantitative estimate of drug-likeness (QED) is 0.347. The first kappa shape index (κ1) is 23.3. The minimum absolute atomic E-state index is 0.126. The number of hydrogen-bond acceptors (Lipinski definition) is 7. The molecule has 13 heteroatoms. The molecule has 0 amide bonds. The number of para-hydroxylation sites is 1.